The number of benzene rings is 3. The van der Waals surface area contributed by atoms with Gasteiger partial charge in [-0.2, -0.15) is 0 Å². The number of imide groups is 1. The van der Waals surface area contributed by atoms with Crippen LogP contribution in [0.3, 0.4) is 0 Å². The largest absolute Gasteiger partial charge is 0.497 e. The molecule has 0 radical (unpaired) electrons. The van der Waals surface area contributed by atoms with E-state index < -0.39 is 18.0 Å². The lowest BCUT2D eigenvalue weighted by molar-refractivity contribution is -0.124. The summed E-state index contributed by atoms with van der Waals surface area (Å²) in [6, 6.07) is 19.1. The highest BCUT2D eigenvalue weighted by molar-refractivity contribution is 6.30. The molecule has 0 unspecified atom stereocenters. The molecule has 1 saturated heterocycles. The topological polar surface area (TPSA) is 88.2 Å². The molecule has 0 bridgehead atoms. The van der Waals surface area contributed by atoms with Crippen LogP contribution >= 0.6 is 11.6 Å². The van der Waals surface area contributed by atoms with Crippen molar-refractivity contribution in [3.63, 3.8) is 0 Å². The fourth-order valence-corrected chi connectivity index (χ4v) is 4.08. The molecule has 1 atom stereocenters. The van der Waals surface area contributed by atoms with Gasteiger partial charge in [-0.05, 0) is 73.2 Å². The van der Waals surface area contributed by atoms with E-state index in [0.717, 1.165) is 10.5 Å². The molecule has 4 amide bonds. The molecule has 0 saturated carbocycles. The van der Waals surface area contributed by atoms with Gasteiger partial charge in [0.2, 0.25) is 5.91 Å². The van der Waals surface area contributed by atoms with E-state index in [1.807, 2.05) is 19.1 Å². The molecule has 1 N–H and O–H groups in total. The highest BCUT2D eigenvalue weighted by Crippen LogP contribution is 2.30. The number of carbonyl (C=O) groups is 3. The third kappa shape index (κ3) is 5.60. The van der Waals surface area contributed by atoms with E-state index >= 15 is 0 Å². The van der Waals surface area contributed by atoms with Gasteiger partial charge in [0.15, 0.2) is 0 Å². The predicted molar refractivity (Wildman–Crippen MR) is 138 cm³/mol. The zero-order valence-corrected chi connectivity index (χ0v) is 20.7. The van der Waals surface area contributed by atoms with Crippen molar-refractivity contribution >= 4 is 40.8 Å². The molecule has 0 aromatic heterocycles. The van der Waals surface area contributed by atoms with Crippen LogP contribution in [0.2, 0.25) is 5.02 Å². The van der Waals surface area contributed by atoms with E-state index in [1.54, 1.807) is 67.8 Å². The molecule has 1 aliphatic heterocycles. The first kappa shape index (κ1) is 25.1. The van der Waals surface area contributed by atoms with Gasteiger partial charge in [0.1, 0.15) is 17.5 Å². The Morgan fingerprint density at radius 3 is 2.19 bits per heavy atom. The molecule has 186 valence electrons. The van der Waals surface area contributed by atoms with Gasteiger partial charge in [-0.3, -0.25) is 9.59 Å². The number of rotatable bonds is 9. The van der Waals surface area contributed by atoms with Crippen molar-refractivity contribution in [2.45, 2.75) is 25.9 Å². The van der Waals surface area contributed by atoms with Crippen molar-refractivity contribution in [2.75, 3.05) is 23.9 Å². The maximum absolute atomic E-state index is 13.4. The second-order valence-electron chi connectivity index (χ2n) is 8.13. The van der Waals surface area contributed by atoms with Gasteiger partial charge in [-0.1, -0.05) is 23.7 Å². The Morgan fingerprint density at radius 1 is 0.944 bits per heavy atom. The van der Waals surface area contributed by atoms with Crippen molar-refractivity contribution in [2.24, 2.45) is 0 Å². The summed E-state index contributed by atoms with van der Waals surface area (Å²) in [5, 5.41) is 3.28. The van der Waals surface area contributed by atoms with E-state index in [1.165, 1.54) is 4.90 Å². The molecule has 0 spiro atoms. The third-order valence-electron chi connectivity index (χ3n) is 5.74. The first-order chi connectivity index (χ1) is 17.4. The average Bonchev–Trinajstić information content (AvgIpc) is 3.10. The number of nitrogens with one attached hydrogen (secondary N) is 1. The maximum atomic E-state index is 13.4. The van der Waals surface area contributed by atoms with Crippen LogP contribution in [0.5, 0.6) is 11.5 Å². The van der Waals surface area contributed by atoms with Gasteiger partial charge in [0.05, 0.1) is 25.8 Å². The first-order valence-corrected chi connectivity index (χ1v) is 11.8. The molecule has 1 heterocycles. The first-order valence-electron chi connectivity index (χ1n) is 11.5. The molecule has 1 aliphatic rings. The molecule has 9 heteroatoms. The lowest BCUT2D eigenvalue weighted by atomic mass is 10.1. The predicted octanol–water partition coefficient (Wildman–Crippen LogP) is 5.11. The summed E-state index contributed by atoms with van der Waals surface area (Å²) < 4.78 is 10.6. The quantitative estimate of drug-likeness (QED) is 0.406. The van der Waals surface area contributed by atoms with Gasteiger partial charge in [0, 0.05) is 17.3 Å². The molecule has 3 aromatic rings. The fourth-order valence-electron chi connectivity index (χ4n) is 3.96. The van der Waals surface area contributed by atoms with Crippen LogP contribution in [0.25, 0.3) is 0 Å². The van der Waals surface area contributed by atoms with Crippen LogP contribution in [0, 0.1) is 0 Å². The summed E-state index contributed by atoms with van der Waals surface area (Å²) >= 11 is 5.98. The van der Waals surface area contributed by atoms with Crippen molar-refractivity contribution in [3.05, 3.63) is 83.4 Å². The summed E-state index contributed by atoms with van der Waals surface area (Å²) in [4.78, 5) is 42.2. The van der Waals surface area contributed by atoms with Crippen molar-refractivity contribution < 1.29 is 23.9 Å². The van der Waals surface area contributed by atoms with E-state index in [2.05, 4.69) is 5.32 Å². The Bertz CT molecular complexity index is 1230. The minimum atomic E-state index is -0.974. The van der Waals surface area contributed by atoms with Crippen molar-refractivity contribution in [3.8, 4) is 11.5 Å². The number of urea groups is 1. The fraction of sp³-hybridized carbons (Fsp3) is 0.222. The van der Waals surface area contributed by atoms with Crippen LogP contribution in [-0.4, -0.2) is 42.5 Å². The SMILES string of the molecule is CCOc1ccc(NC(=O)C[C@@H]2C(=O)N(c3ccc(Cl)cc3)C(=O)N2Cc2ccc(OC)cc2)cc1. The second-order valence-corrected chi connectivity index (χ2v) is 8.57. The highest BCUT2D eigenvalue weighted by atomic mass is 35.5. The van der Waals surface area contributed by atoms with Gasteiger partial charge in [-0.15, -0.1) is 0 Å². The van der Waals surface area contributed by atoms with Crippen LogP contribution < -0.4 is 19.7 Å². The molecule has 36 heavy (non-hydrogen) atoms. The zero-order chi connectivity index (χ0) is 25.7. The Morgan fingerprint density at radius 2 is 1.58 bits per heavy atom. The Labute approximate surface area is 214 Å². The number of carbonyl (C=O) groups excluding carboxylic acids is 3. The number of methoxy groups -OCH3 is 1. The molecular formula is C27H26ClN3O5. The number of anilines is 2. The lowest BCUT2D eigenvalue weighted by Crippen LogP contribution is -2.37. The lowest BCUT2D eigenvalue weighted by Gasteiger charge is -2.22. The van der Waals surface area contributed by atoms with Crippen LogP contribution in [-0.2, 0) is 16.1 Å². The minimum Gasteiger partial charge on any atom is -0.497 e. The maximum Gasteiger partial charge on any atom is 0.332 e. The zero-order valence-electron chi connectivity index (χ0n) is 19.9. The van der Waals surface area contributed by atoms with Crippen LogP contribution in [0.4, 0.5) is 16.2 Å². The highest BCUT2D eigenvalue weighted by Gasteiger charge is 2.46. The molecule has 3 aromatic carbocycles. The number of halogens is 1. The third-order valence-corrected chi connectivity index (χ3v) is 6.00. The van der Waals surface area contributed by atoms with E-state index in [0.29, 0.717) is 34.5 Å². The summed E-state index contributed by atoms with van der Waals surface area (Å²) in [5.74, 6) is 0.508. The van der Waals surface area contributed by atoms with Gasteiger partial charge in [0.25, 0.3) is 5.91 Å². The van der Waals surface area contributed by atoms with Crippen molar-refractivity contribution in [1.29, 1.82) is 0 Å². The second kappa shape index (κ2) is 11.1. The Kier molecular flexibility index (Phi) is 7.75. The minimum absolute atomic E-state index is 0.152. The van der Waals surface area contributed by atoms with Gasteiger partial charge in [-0.25, -0.2) is 9.69 Å². The average molecular weight is 508 g/mol. The van der Waals surface area contributed by atoms with Gasteiger partial charge < -0.3 is 19.7 Å². The number of hydrogen-bond donors (Lipinski definition) is 1. The summed E-state index contributed by atoms with van der Waals surface area (Å²) in [6.45, 7) is 2.58. The summed E-state index contributed by atoms with van der Waals surface area (Å²) in [5.41, 5.74) is 1.76. The van der Waals surface area contributed by atoms with Gasteiger partial charge >= 0.3 is 6.03 Å². The monoisotopic (exact) mass is 507 g/mol. The molecule has 0 aliphatic carbocycles. The van der Waals surface area contributed by atoms with E-state index in [9.17, 15) is 14.4 Å². The molecular weight excluding hydrogens is 482 g/mol. The smallest absolute Gasteiger partial charge is 0.332 e. The molecule has 4 rings (SSSR count). The van der Waals surface area contributed by atoms with E-state index in [-0.39, 0.29) is 18.9 Å². The van der Waals surface area contributed by atoms with Crippen molar-refractivity contribution in [1.82, 2.24) is 4.90 Å². The van der Waals surface area contributed by atoms with Crippen LogP contribution in [0.1, 0.15) is 18.9 Å². The number of hydrogen-bond acceptors (Lipinski definition) is 5. The molecule has 8 nitrogen and oxygen atoms in total. The normalized spacial score (nSPS) is 15.2. The standard InChI is InChI=1S/C27H26ClN3O5/c1-3-36-23-14-8-20(9-15-23)29-25(32)16-24-26(33)31(21-10-6-19(28)7-11-21)27(34)30(24)17-18-4-12-22(35-2)13-5-18/h4-15,24H,3,16-17H2,1-2H3,(H,29,32)/t24-/m1/s1. The Hall–Kier alpha value is -4.04. The summed E-state index contributed by atoms with van der Waals surface area (Å²) in [6.07, 6.45) is -0.196. The van der Waals surface area contributed by atoms with Crippen LogP contribution in [0.15, 0.2) is 72.8 Å². The number of ether oxygens (including phenoxy) is 2. The Balaban J connectivity index is 1.56. The van der Waals surface area contributed by atoms with E-state index in [4.69, 9.17) is 21.1 Å². The summed E-state index contributed by atoms with van der Waals surface area (Å²) in [7, 11) is 1.57. The number of nitrogens with zero attached hydrogens (tertiary/aromatic N) is 2. The number of amides is 4. The molecule has 1 fully saturated rings.